The van der Waals surface area contributed by atoms with Gasteiger partial charge >= 0.3 is 0 Å². The van der Waals surface area contributed by atoms with Crippen molar-refractivity contribution in [3.63, 3.8) is 0 Å². The van der Waals surface area contributed by atoms with Crippen LogP contribution in [0.1, 0.15) is 34.9 Å². The number of rotatable bonds is 3. The number of thiophene rings is 1. The molecule has 1 aliphatic carbocycles. The van der Waals surface area contributed by atoms with E-state index in [2.05, 4.69) is 27.8 Å². The SMILES string of the molecule is c1cncc(CN[C@@H]2CCCc3sccc32)c1. The van der Waals surface area contributed by atoms with Gasteiger partial charge in [-0.3, -0.25) is 4.98 Å². The highest BCUT2D eigenvalue weighted by atomic mass is 32.1. The highest BCUT2D eigenvalue weighted by Crippen LogP contribution is 2.33. The third-order valence-electron chi connectivity index (χ3n) is 3.33. The summed E-state index contributed by atoms with van der Waals surface area (Å²) < 4.78 is 0. The van der Waals surface area contributed by atoms with Crippen LogP contribution in [0.5, 0.6) is 0 Å². The molecule has 2 nitrogen and oxygen atoms in total. The maximum atomic E-state index is 4.14. The third-order valence-corrected chi connectivity index (χ3v) is 4.32. The summed E-state index contributed by atoms with van der Waals surface area (Å²) in [5.41, 5.74) is 2.78. The molecule has 17 heavy (non-hydrogen) atoms. The Balaban J connectivity index is 1.68. The molecule has 2 aromatic heterocycles. The molecule has 0 aromatic carbocycles. The molecule has 0 unspecified atom stereocenters. The second-order valence-electron chi connectivity index (χ2n) is 4.49. The maximum absolute atomic E-state index is 4.14. The Morgan fingerprint density at radius 2 is 2.41 bits per heavy atom. The van der Waals surface area contributed by atoms with Crippen molar-refractivity contribution in [1.29, 1.82) is 0 Å². The molecular weight excluding hydrogens is 228 g/mol. The van der Waals surface area contributed by atoms with Crippen LogP contribution in [-0.2, 0) is 13.0 Å². The van der Waals surface area contributed by atoms with Crippen LogP contribution >= 0.6 is 11.3 Å². The quantitative estimate of drug-likeness (QED) is 0.896. The standard InChI is InChI=1S/C14H16N2S/c1-4-13(12-6-8-17-14(12)5-1)16-10-11-3-2-7-15-9-11/h2-3,6-9,13,16H,1,4-5,10H2/t13-/m1/s1. The Bertz CT molecular complexity index is 478. The largest absolute Gasteiger partial charge is 0.306 e. The summed E-state index contributed by atoms with van der Waals surface area (Å²) in [6, 6.07) is 6.93. The highest BCUT2D eigenvalue weighted by molar-refractivity contribution is 7.10. The first-order valence-electron chi connectivity index (χ1n) is 6.12. The number of hydrogen-bond acceptors (Lipinski definition) is 3. The van der Waals surface area contributed by atoms with E-state index < -0.39 is 0 Å². The van der Waals surface area contributed by atoms with Crippen LogP contribution in [0.25, 0.3) is 0 Å². The molecule has 0 amide bonds. The van der Waals surface area contributed by atoms with Gasteiger partial charge in [0.05, 0.1) is 0 Å². The van der Waals surface area contributed by atoms with Gasteiger partial charge in [-0.1, -0.05) is 6.07 Å². The third kappa shape index (κ3) is 2.40. The zero-order valence-electron chi connectivity index (χ0n) is 9.73. The van der Waals surface area contributed by atoms with E-state index in [9.17, 15) is 0 Å². The number of nitrogens with zero attached hydrogens (tertiary/aromatic N) is 1. The Hall–Kier alpha value is -1.19. The summed E-state index contributed by atoms with van der Waals surface area (Å²) >= 11 is 1.90. The Labute approximate surface area is 106 Å². The molecular formula is C14H16N2S. The van der Waals surface area contributed by atoms with Gasteiger partial charge in [-0.15, -0.1) is 11.3 Å². The van der Waals surface area contributed by atoms with E-state index in [0.29, 0.717) is 6.04 Å². The molecule has 0 bridgehead atoms. The van der Waals surface area contributed by atoms with Crippen LogP contribution in [0.4, 0.5) is 0 Å². The Morgan fingerprint density at radius 1 is 1.41 bits per heavy atom. The summed E-state index contributed by atoms with van der Waals surface area (Å²) in [5.74, 6) is 0. The Morgan fingerprint density at radius 3 is 3.29 bits per heavy atom. The van der Waals surface area contributed by atoms with Gasteiger partial charge in [0.2, 0.25) is 0 Å². The van der Waals surface area contributed by atoms with E-state index in [1.54, 1.807) is 4.88 Å². The van der Waals surface area contributed by atoms with Gasteiger partial charge < -0.3 is 5.32 Å². The normalized spacial score (nSPS) is 18.9. The van der Waals surface area contributed by atoms with Crippen molar-refractivity contribution in [3.8, 4) is 0 Å². The molecule has 1 N–H and O–H groups in total. The van der Waals surface area contributed by atoms with Crippen LogP contribution in [0.3, 0.4) is 0 Å². The molecule has 0 fully saturated rings. The lowest BCUT2D eigenvalue weighted by Crippen LogP contribution is -2.23. The first-order chi connectivity index (χ1) is 8.43. The van der Waals surface area contributed by atoms with Gasteiger partial charge in [0.25, 0.3) is 0 Å². The first kappa shape index (κ1) is 10.9. The average Bonchev–Trinajstić information content (AvgIpc) is 2.86. The lowest BCUT2D eigenvalue weighted by molar-refractivity contribution is 0.463. The number of aryl methyl sites for hydroxylation is 1. The summed E-state index contributed by atoms with van der Waals surface area (Å²) in [6.07, 6.45) is 7.58. The van der Waals surface area contributed by atoms with Crippen LogP contribution in [0, 0.1) is 0 Å². The van der Waals surface area contributed by atoms with Crippen LogP contribution < -0.4 is 5.32 Å². The monoisotopic (exact) mass is 244 g/mol. The molecule has 88 valence electrons. The van der Waals surface area contributed by atoms with Gasteiger partial charge in [0.1, 0.15) is 0 Å². The fraction of sp³-hybridized carbons (Fsp3) is 0.357. The van der Waals surface area contributed by atoms with Gasteiger partial charge in [-0.25, -0.2) is 0 Å². The fourth-order valence-corrected chi connectivity index (χ4v) is 3.43. The minimum absolute atomic E-state index is 0.533. The molecule has 0 spiro atoms. The van der Waals surface area contributed by atoms with Crippen LogP contribution in [-0.4, -0.2) is 4.98 Å². The van der Waals surface area contributed by atoms with Crippen molar-refractivity contribution >= 4 is 11.3 Å². The average molecular weight is 244 g/mol. The van der Waals surface area contributed by atoms with Crippen molar-refractivity contribution in [2.24, 2.45) is 0 Å². The van der Waals surface area contributed by atoms with Crippen molar-refractivity contribution in [2.45, 2.75) is 31.8 Å². The molecule has 0 radical (unpaired) electrons. The molecule has 0 saturated heterocycles. The number of hydrogen-bond donors (Lipinski definition) is 1. The van der Waals surface area contributed by atoms with Crippen molar-refractivity contribution < 1.29 is 0 Å². The van der Waals surface area contributed by atoms with E-state index in [4.69, 9.17) is 0 Å². The van der Waals surface area contributed by atoms with Crippen molar-refractivity contribution in [1.82, 2.24) is 10.3 Å². The van der Waals surface area contributed by atoms with E-state index >= 15 is 0 Å². The fourth-order valence-electron chi connectivity index (χ4n) is 2.44. The minimum Gasteiger partial charge on any atom is -0.306 e. The zero-order chi connectivity index (χ0) is 11.5. The zero-order valence-corrected chi connectivity index (χ0v) is 10.5. The van der Waals surface area contributed by atoms with Gasteiger partial charge in [-0.05, 0) is 47.9 Å². The Kier molecular flexibility index (Phi) is 3.20. The lowest BCUT2D eigenvalue weighted by atomic mass is 9.94. The van der Waals surface area contributed by atoms with Crippen LogP contribution in [0.15, 0.2) is 36.0 Å². The molecule has 3 rings (SSSR count). The van der Waals surface area contributed by atoms with Gasteiger partial charge in [0, 0.05) is 29.9 Å². The summed E-state index contributed by atoms with van der Waals surface area (Å²) in [7, 11) is 0. The second-order valence-corrected chi connectivity index (χ2v) is 5.49. The smallest absolute Gasteiger partial charge is 0.0334 e. The number of aromatic nitrogens is 1. The lowest BCUT2D eigenvalue weighted by Gasteiger charge is -2.23. The van der Waals surface area contributed by atoms with Crippen molar-refractivity contribution in [3.05, 3.63) is 52.0 Å². The van der Waals surface area contributed by atoms with Crippen LogP contribution in [0.2, 0.25) is 0 Å². The predicted octanol–water partition coefficient (Wildman–Crippen LogP) is 3.31. The molecule has 0 saturated carbocycles. The second kappa shape index (κ2) is 4.98. The number of pyridine rings is 1. The van der Waals surface area contributed by atoms with Gasteiger partial charge in [-0.2, -0.15) is 0 Å². The highest BCUT2D eigenvalue weighted by Gasteiger charge is 2.20. The summed E-state index contributed by atoms with van der Waals surface area (Å²) in [6.45, 7) is 0.911. The number of nitrogens with one attached hydrogen (secondary N) is 1. The van der Waals surface area contributed by atoms with E-state index in [1.165, 1.54) is 30.4 Å². The molecule has 2 aromatic rings. The minimum atomic E-state index is 0.533. The topological polar surface area (TPSA) is 24.9 Å². The summed E-state index contributed by atoms with van der Waals surface area (Å²) in [4.78, 5) is 5.71. The van der Waals surface area contributed by atoms with E-state index in [0.717, 1.165) is 6.54 Å². The molecule has 0 aliphatic heterocycles. The first-order valence-corrected chi connectivity index (χ1v) is 7.00. The molecule has 1 aliphatic rings. The predicted molar refractivity (Wildman–Crippen MR) is 71.1 cm³/mol. The molecule has 1 atom stereocenters. The molecule has 2 heterocycles. The van der Waals surface area contributed by atoms with Gasteiger partial charge in [0.15, 0.2) is 0 Å². The van der Waals surface area contributed by atoms with E-state index in [-0.39, 0.29) is 0 Å². The van der Waals surface area contributed by atoms with E-state index in [1.807, 2.05) is 29.8 Å². The van der Waals surface area contributed by atoms with Crippen molar-refractivity contribution in [2.75, 3.05) is 0 Å². The maximum Gasteiger partial charge on any atom is 0.0334 e. The molecule has 3 heteroatoms. The summed E-state index contributed by atoms with van der Waals surface area (Å²) in [5, 5.41) is 5.86. The number of fused-ring (bicyclic) bond motifs is 1.